The molecule has 2 aromatic carbocycles. The number of ether oxygens (including phenoxy) is 3. The lowest BCUT2D eigenvalue weighted by atomic mass is 10.1. The minimum Gasteiger partial charge on any atom is -0.493 e. The number of methoxy groups -OCH3 is 2. The van der Waals surface area contributed by atoms with Crippen molar-refractivity contribution < 1.29 is 23.8 Å². The van der Waals surface area contributed by atoms with Gasteiger partial charge in [0.1, 0.15) is 10.9 Å². The van der Waals surface area contributed by atoms with E-state index in [1.807, 2.05) is 0 Å². The summed E-state index contributed by atoms with van der Waals surface area (Å²) < 4.78 is 17.1. The Morgan fingerprint density at radius 3 is 2.58 bits per heavy atom. The van der Waals surface area contributed by atoms with Gasteiger partial charge in [-0.05, 0) is 51.8 Å². The van der Waals surface area contributed by atoms with E-state index in [1.54, 1.807) is 36.4 Å². The van der Waals surface area contributed by atoms with Crippen LogP contribution in [-0.2, 0) is 20.9 Å². The number of carbonyl (C=O) groups excluding carboxylic acids is 2. The molecule has 0 spiro atoms. The minimum atomic E-state index is -0.407. The largest absolute Gasteiger partial charge is 0.493 e. The van der Waals surface area contributed by atoms with E-state index in [9.17, 15) is 9.59 Å². The number of rotatable bonds is 8. The van der Waals surface area contributed by atoms with Gasteiger partial charge in [0.2, 0.25) is 0 Å². The SMILES string of the molecule is COC(=O)CCN1C(=O)/C(=C/c2cc(Br)c(OCc3c(Cl)cccc3Cl)c(OC)c2)SC1=S. The fraction of sp³-hybridized carbons (Fsp3) is 0.227. The molecule has 1 fully saturated rings. The Labute approximate surface area is 219 Å². The summed E-state index contributed by atoms with van der Waals surface area (Å²) in [6, 6.07) is 8.78. The molecular formula is C22H18BrCl2NO5S2. The first-order valence-corrected chi connectivity index (χ1v) is 12.3. The van der Waals surface area contributed by atoms with Gasteiger partial charge >= 0.3 is 5.97 Å². The molecule has 1 aliphatic heterocycles. The summed E-state index contributed by atoms with van der Waals surface area (Å²) in [5.41, 5.74) is 1.37. The van der Waals surface area contributed by atoms with E-state index in [-0.39, 0.29) is 25.5 Å². The number of carbonyl (C=O) groups is 2. The van der Waals surface area contributed by atoms with E-state index in [0.717, 1.165) is 0 Å². The van der Waals surface area contributed by atoms with Crippen molar-refractivity contribution in [1.82, 2.24) is 4.90 Å². The van der Waals surface area contributed by atoms with Crippen LogP contribution in [0.3, 0.4) is 0 Å². The predicted molar refractivity (Wildman–Crippen MR) is 138 cm³/mol. The van der Waals surface area contributed by atoms with Gasteiger partial charge in [0.25, 0.3) is 5.91 Å². The van der Waals surface area contributed by atoms with Crippen LogP contribution in [-0.4, -0.2) is 41.9 Å². The Bertz CT molecular complexity index is 1120. The van der Waals surface area contributed by atoms with Crippen LogP contribution in [0.15, 0.2) is 39.7 Å². The molecule has 174 valence electrons. The van der Waals surface area contributed by atoms with Gasteiger partial charge < -0.3 is 14.2 Å². The van der Waals surface area contributed by atoms with E-state index in [2.05, 4.69) is 20.7 Å². The van der Waals surface area contributed by atoms with Crippen LogP contribution in [0, 0.1) is 0 Å². The van der Waals surface area contributed by atoms with Gasteiger partial charge in [0.05, 0.1) is 30.0 Å². The molecule has 0 atom stereocenters. The summed E-state index contributed by atoms with van der Waals surface area (Å²) in [4.78, 5) is 26.0. The second kappa shape index (κ2) is 11.6. The van der Waals surface area contributed by atoms with Gasteiger partial charge in [-0.25, -0.2) is 0 Å². The van der Waals surface area contributed by atoms with Crippen molar-refractivity contribution in [3.05, 3.63) is 60.9 Å². The third-order valence-corrected chi connectivity index (χ3v) is 7.29. The molecule has 0 aromatic heterocycles. The fourth-order valence-corrected chi connectivity index (χ4v) is 5.32. The van der Waals surface area contributed by atoms with E-state index in [1.165, 1.54) is 30.9 Å². The maximum absolute atomic E-state index is 12.8. The number of thiocarbonyl (C=S) groups is 1. The number of benzene rings is 2. The number of nitrogens with zero attached hydrogens (tertiary/aromatic N) is 1. The second-order valence-electron chi connectivity index (χ2n) is 6.68. The Kier molecular flexibility index (Phi) is 9.06. The lowest BCUT2D eigenvalue weighted by molar-refractivity contribution is -0.140. The average molecular weight is 591 g/mol. The molecule has 0 radical (unpaired) electrons. The van der Waals surface area contributed by atoms with Crippen molar-refractivity contribution in [2.75, 3.05) is 20.8 Å². The maximum atomic E-state index is 12.8. The third kappa shape index (κ3) is 6.22. The summed E-state index contributed by atoms with van der Waals surface area (Å²) in [6.45, 7) is 0.310. The summed E-state index contributed by atoms with van der Waals surface area (Å²) in [5.74, 6) is 0.254. The van der Waals surface area contributed by atoms with Gasteiger partial charge in [-0.2, -0.15) is 0 Å². The zero-order valence-electron chi connectivity index (χ0n) is 17.5. The second-order valence-corrected chi connectivity index (χ2v) is 10.0. The van der Waals surface area contributed by atoms with Crippen molar-refractivity contribution >= 4 is 85.4 Å². The van der Waals surface area contributed by atoms with Crippen LogP contribution in [0.5, 0.6) is 11.5 Å². The summed E-state index contributed by atoms with van der Waals surface area (Å²) >= 11 is 22.4. The lowest BCUT2D eigenvalue weighted by Gasteiger charge is -2.15. The normalized spacial score (nSPS) is 14.7. The van der Waals surface area contributed by atoms with Gasteiger partial charge in [-0.1, -0.05) is 53.2 Å². The molecule has 2 aromatic rings. The molecule has 1 saturated heterocycles. The number of thioether (sulfide) groups is 1. The zero-order chi connectivity index (χ0) is 24.1. The molecular weight excluding hydrogens is 573 g/mol. The molecule has 0 saturated carbocycles. The van der Waals surface area contributed by atoms with Crippen molar-refractivity contribution in [3.63, 3.8) is 0 Å². The van der Waals surface area contributed by atoms with E-state index < -0.39 is 5.97 Å². The number of halogens is 3. The highest BCUT2D eigenvalue weighted by molar-refractivity contribution is 9.10. The van der Waals surface area contributed by atoms with Crippen molar-refractivity contribution in [3.8, 4) is 11.5 Å². The molecule has 0 N–H and O–H groups in total. The standard InChI is InChI=1S/C22H18BrCl2NO5S2/c1-29-17-9-12(10-18-21(28)26(22(32)33-18)7-6-19(27)30-2)8-14(23)20(17)31-11-13-15(24)4-3-5-16(13)25/h3-5,8-10H,6-7,11H2,1-2H3/b18-10-. The molecule has 11 heteroatoms. The van der Waals surface area contributed by atoms with Gasteiger partial charge in [-0.15, -0.1) is 0 Å². The van der Waals surface area contributed by atoms with E-state index >= 15 is 0 Å². The highest BCUT2D eigenvalue weighted by Gasteiger charge is 2.32. The predicted octanol–water partition coefficient (Wildman–Crippen LogP) is 6.11. The number of amides is 1. The van der Waals surface area contributed by atoms with E-state index in [4.69, 9.17) is 44.9 Å². The first-order chi connectivity index (χ1) is 15.7. The van der Waals surface area contributed by atoms with Gasteiger partial charge in [0, 0.05) is 22.2 Å². The number of esters is 1. The topological polar surface area (TPSA) is 65.1 Å². The molecule has 3 rings (SSSR count). The van der Waals surface area contributed by atoms with Crippen molar-refractivity contribution in [2.24, 2.45) is 0 Å². The summed E-state index contributed by atoms with van der Waals surface area (Å²) in [7, 11) is 2.82. The summed E-state index contributed by atoms with van der Waals surface area (Å²) in [6.07, 6.45) is 1.77. The van der Waals surface area contributed by atoms with Crippen molar-refractivity contribution in [1.29, 1.82) is 0 Å². The van der Waals surface area contributed by atoms with Crippen molar-refractivity contribution in [2.45, 2.75) is 13.0 Å². The molecule has 0 bridgehead atoms. The fourth-order valence-electron chi connectivity index (χ4n) is 2.93. The molecule has 1 amide bonds. The van der Waals surface area contributed by atoms with Crippen LogP contribution in [0.2, 0.25) is 10.0 Å². The minimum absolute atomic E-state index is 0.0665. The van der Waals surface area contributed by atoms with Gasteiger partial charge in [0.15, 0.2) is 11.5 Å². The third-order valence-electron chi connectivity index (χ3n) is 4.61. The number of hydrogen-bond acceptors (Lipinski definition) is 7. The smallest absolute Gasteiger partial charge is 0.307 e. The van der Waals surface area contributed by atoms with Crippen LogP contribution in [0.4, 0.5) is 0 Å². The monoisotopic (exact) mass is 589 g/mol. The average Bonchev–Trinajstić information content (AvgIpc) is 3.04. The maximum Gasteiger partial charge on any atom is 0.307 e. The Balaban J connectivity index is 1.80. The Morgan fingerprint density at radius 2 is 1.94 bits per heavy atom. The molecule has 0 unspecified atom stereocenters. The molecule has 6 nitrogen and oxygen atoms in total. The first-order valence-electron chi connectivity index (χ1n) is 9.50. The lowest BCUT2D eigenvalue weighted by Crippen LogP contribution is -2.30. The van der Waals surface area contributed by atoms with Crippen LogP contribution in [0.25, 0.3) is 6.08 Å². The molecule has 1 heterocycles. The highest BCUT2D eigenvalue weighted by Crippen LogP contribution is 2.40. The first kappa shape index (κ1) is 25.8. The molecule has 0 aliphatic carbocycles. The highest BCUT2D eigenvalue weighted by atomic mass is 79.9. The quantitative estimate of drug-likeness (QED) is 0.209. The molecule has 33 heavy (non-hydrogen) atoms. The van der Waals surface area contributed by atoms with Crippen LogP contribution < -0.4 is 9.47 Å². The zero-order valence-corrected chi connectivity index (χ0v) is 22.3. The summed E-state index contributed by atoms with van der Waals surface area (Å²) in [5, 5.41) is 1.01. The Morgan fingerprint density at radius 1 is 1.24 bits per heavy atom. The van der Waals surface area contributed by atoms with Crippen LogP contribution in [0.1, 0.15) is 17.5 Å². The Hall–Kier alpha value is -1.78. The van der Waals surface area contributed by atoms with Crippen LogP contribution >= 0.6 is 63.1 Å². The van der Waals surface area contributed by atoms with Gasteiger partial charge in [-0.3, -0.25) is 14.5 Å². The van der Waals surface area contributed by atoms with E-state index in [0.29, 0.717) is 46.4 Å². The molecule has 1 aliphatic rings. The number of hydrogen-bond donors (Lipinski definition) is 0.